The van der Waals surface area contributed by atoms with Gasteiger partial charge in [0.2, 0.25) is 5.91 Å². The van der Waals surface area contributed by atoms with Crippen LogP contribution in [0, 0.1) is 23.1 Å². The number of ether oxygens (including phenoxy) is 1. The van der Waals surface area contributed by atoms with Crippen LogP contribution in [0.25, 0.3) is 0 Å². The fourth-order valence-electron chi connectivity index (χ4n) is 9.90. The molecule has 5 aliphatic heterocycles. The lowest BCUT2D eigenvalue weighted by molar-refractivity contribution is -0.150. The third kappa shape index (κ3) is 7.59. The minimum atomic E-state index is -0.714. The Morgan fingerprint density at radius 2 is 1.58 bits per heavy atom. The van der Waals surface area contributed by atoms with Gasteiger partial charge in [-0.3, -0.25) is 29.0 Å². The number of carbonyl (C=O) groups is 4. The molecule has 1 saturated carbocycles. The molecular formula is C44H48ClFN8O5. The van der Waals surface area contributed by atoms with E-state index in [0.29, 0.717) is 64.3 Å². The summed E-state index contributed by atoms with van der Waals surface area (Å²) >= 11 is 6.20. The molecule has 3 aromatic rings. The van der Waals surface area contributed by atoms with Crippen LogP contribution in [0.1, 0.15) is 88.9 Å². The summed E-state index contributed by atoms with van der Waals surface area (Å²) in [6.07, 6.45) is 5.97. The highest BCUT2D eigenvalue weighted by Gasteiger charge is 2.42. The lowest BCUT2D eigenvalue weighted by Gasteiger charge is -2.40. The van der Waals surface area contributed by atoms with E-state index in [-0.39, 0.29) is 55.2 Å². The maximum Gasteiger partial charge on any atom is 0.256 e. The van der Waals surface area contributed by atoms with E-state index in [4.69, 9.17) is 26.6 Å². The molecule has 59 heavy (non-hydrogen) atoms. The topological polar surface area (TPSA) is 134 Å². The van der Waals surface area contributed by atoms with Crippen molar-refractivity contribution in [3.8, 4) is 11.8 Å². The Balaban J connectivity index is 0.732. The number of carbonyl (C=O) groups excluding carboxylic acids is 4. The quantitative estimate of drug-likeness (QED) is 0.278. The minimum absolute atomic E-state index is 0.0365. The Bertz CT molecular complexity index is 2230. The lowest BCUT2D eigenvalue weighted by atomic mass is 9.92. The third-order valence-corrected chi connectivity index (χ3v) is 13.7. The third-order valence-electron chi connectivity index (χ3n) is 13.4. The number of benzene rings is 2. The fraction of sp³-hybridized carbons (Fsp3) is 0.500. The van der Waals surface area contributed by atoms with Crippen LogP contribution in [0.4, 0.5) is 15.9 Å². The normalized spacial score (nSPS) is 24.2. The molecule has 0 N–H and O–H groups in total. The number of piperidine rings is 2. The van der Waals surface area contributed by atoms with Crippen molar-refractivity contribution < 1.29 is 28.3 Å². The standard InChI is InChI=1S/C44H48ClFN8O5/c1-49-41(55)11-9-38(44(49)58)54-25-29-20-39(36(46)22-34(29)43(54)57)51-18-16-50(17-19-51)24-27-12-14-52(15-13-27)40-10-8-33-37(48-40)26-53(42(33)56)30-3-6-31(7-4-30)59-32-5-2-28(23-47)35(45)21-32/h2,5,8,10,20-22,27,30-31,38H,3-4,6-7,9,11-19,24-26H2,1H3/t30-,31-,38?. The van der Waals surface area contributed by atoms with Gasteiger partial charge in [0.25, 0.3) is 17.7 Å². The monoisotopic (exact) mass is 822 g/mol. The Labute approximate surface area is 348 Å². The smallest absolute Gasteiger partial charge is 0.256 e. The number of imide groups is 1. The maximum absolute atomic E-state index is 15.5. The van der Waals surface area contributed by atoms with Crippen LogP contribution in [0.3, 0.4) is 0 Å². The SMILES string of the molecule is CN1C(=O)CCC(N2Cc3cc(N4CCN(CC5CCN(c6ccc7c(n6)CN([C@H]6CC[C@H](Oc8ccc(C#N)c(Cl)c8)CC6)C7=O)CC5)CC4)c(F)cc3C2=O)C1=O. The Morgan fingerprint density at radius 3 is 2.31 bits per heavy atom. The molecule has 1 aromatic heterocycles. The van der Waals surface area contributed by atoms with Gasteiger partial charge in [-0.05, 0) is 92.8 Å². The van der Waals surface area contributed by atoms with Crippen LogP contribution in [-0.2, 0) is 22.7 Å². The van der Waals surface area contributed by atoms with E-state index in [1.807, 2.05) is 17.0 Å². The average Bonchev–Trinajstić information content (AvgIpc) is 3.75. The molecule has 1 aliphatic carbocycles. The molecule has 6 aliphatic rings. The highest BCUT2D eigenvalue weighted by atomic mass is 35.5. The number of aromatic nitrogens is 1. The number of nitriles is 1. The number of halogens is 2. The Hall–Kier alpha value is -5.26. The summed E-state index contributed by atoms with van der Waals surface area (Å²) in [5.41, 5.74) is 3.48. The second-order valence-corrected chi connectivity index (χ2v) is 17.3. The first-order valence-corrected chi connectivity index (χ1v) is 21.3. The fourth-order valence-corrected chi connectivity index (χ4v) is 10.1. The van der Waals surface area contributed by atoms with Gasteiger partial charge in [-0.25, -0.2) is 9.37 Å². The van der Waals surface area contributed by atoms with Gasteiger partial charge >= 0.3 is 0 Å². The van der Waals surface area contributed by atoms with Gasteiger partial charge in [-0.15, -0.1) is 0 Å². The maximum atomic E-state index is 15.5. The molecule has 308 valence electrons. The highest BCUT2D eigenvalue weighted by Crippen LogP contribution is 2.36. The largest absolute Gasteiger partial charge is 0.490 e. The molecule has 0 bridgehead atoms. The van der Waals surface area contributed by atoms with Crippen molar-refractivity contribution in [3.63, 3.8) is 0 Å². The number of pyridine rings is 1. The summed E-state index contributed by atoms with van der Waals surface area (Å²) in [7, 11) is 1.44. The van der Waals surface area contributed by atoms with Crippen LogP contribution in [0.2, 0.25) is 5.02 Å². The van der Waals surface area contributed by atoms with Crippen LogP contribution in [0.15, 0.2) is 42.5 Å². The van der Waals surface area contributed by atoms with E-state index in [9.17, 15) is 19.2 Å². The molecule has 1 atom stereocenters. The number of piperazine rings is 1. The number of amides is 4. The number of nitrogens with zero attached hydrogens (tertiary/aromatic N) is 8. The van der Waals surface area contributed by atoms with Crippen LogP contribution in [0.5, 0.6) is 5.75 Å². The van der Waals surface area contributed by atoms with E-state index in [1.54, 1.807) is 24.3 Å². The van der Waals surface area contributed by atoms with Crippen molar-refractivity contribution in [2.45, 2.75) is 82.6 Å². The molecule has 0 radical (unpaired) electrons. The van der Waals surface area contributed by atoms with Crippen molar-refractivity contribution in [3.05, 3.63) is 81.3 Å². The highest BCUT2D eigenvalue weighted by molar-refractivity contribution is 6.31. The van der Waals surface area contributed by atoms with Crippen molar-refractivity contribution in [1.82, 2.24) is 24.6 Å². The van der Waals surface area contributed by atoms with Crippen molar-refractivity contribution in [1.29, 1.82) is 5.26 Å². The Kier molecular flexibility index (Phi) is 10.7. The van der Waals surface area contributed by atoms with E-state index < -0.39 is 11.9 Å². The zero-order valence-electron chi connectivity index (χ0n) is 33.2. The molecular weight excluding hydrogens is 775 g/mol. The minimum Gasteiger partial charge on any atom is -0.490 e. The molecule has 9 rings (SSSR count). The molecule has 13 nitrogen and oxygen atoms in total. The van der Waals surface area contributed by atoms with Gasteiger partial charge in [0.05, 0.1) is 40.2 Å². The zero-order chi connectivity index (χ0) is 40.9. The van der Waals surface area contributed by atoms with Gasteiger partial charge in [0.15, 0.2) is 0 Å². The van der Waals surface area contributed by atoms with Crippen molar-refractivity contribution >= 4 is 46.7 Å². The summed E-state index contributed by atoms with van der Waals surface area (Å²) in [6.45, 7) is 6.53. The lowest BCUT2D eigenvalue weighted by Crippen LogP contribution is -2.53. The summed E-state index contributed by atoms with van der Waals surface area (Å²) in [5, 5.41) is 9.53. The summed E-state index contributed by atoms with van der Waals surface area (Å²) in [6, 6.07) is 13.7. The second kappa shape index (κ2) is 16.1. The zero-order valence-corrected chi connectivity index (χ0v) is 34.0. The molecule has 2 aromatic carbocycles. The molecule has 1 unspecified atom stereocenters. The first-order chi connectivity index (χ1) is 28.5. The van der Waals surface area contributed by atoms with E-state index in [0.717, 1.165) is 87.7 Å². The number of fused-ring (bicyclic) bond motifs is 2. The number of likely N-dealkylation sites (tertiary alicyclic amines) is 1. The van der Waals surface area contributed by atoms with E-state index in [1.165, 1.54) is 18.0 Å². The van der Waals surface area contributed by atoms with Gasteiger partial charge in [0.1, 0.15) is 29.5 Å². The summed E-state index contributed by atoms with van der Waals surface area (Å²) in [4.78, 5) is 68.0. The molecule has 4 amide bonds. The van der Waals surface area contributed by atoms with Crippen LogP contribution < -0.4 is 14.5 Å². The van der Waals surface area contributed by atoms with Crippen LogP contribution >= 0.6 is 11.6 Å². The first-order valence-electron chi connectivity index (χ1n) is 20.9. The van der Waals surface area contributed by atoms with E-state index >= 15 is 4.39 Å². The van der Waals surface area contributed by atoms with Gasteiger partial charge in [0, 0.05) is 83.5 Å². The number of anilines is 2. The molecule has 15 heteroatoms. The van der Waals surface area contributed by atoms with E-state index in [2.05, 4.69) is 20.8 Å². The average molecular weight is 823 g/mol. The van der Waals surface area contributed by atoms with Gasteiger partial charge in [-0.2, -0.15) is 5.26 Å². The number of hydrogen-bond donors (Lipinski definition) is 0. The second-order valence-electron chi connectivity index (χ2n) is 16.9. The predicted molar refractivity (Wildman–Crippen MR) is 218 cm³/mol. The number of hydrogen-bond acceptors (Lipinski definition) is 10. The first kappa shape index (κ1) is 39.2. The molecule has 0 spiro atoms. The van der Waals surface area contributed by atoms with Crippen molar-refractivity contribution in [2.24, 2.45) is 5.92 Å². The van der Waals surface area contributed by atoms with Gasteiger partial charge < -0.3 is 24.3 Å². The molecule has 4 fully saturated rings. The summed E-state index contributed by atoms with van der Waals surface area (Å²) in [5.74, 6) is 0.761. The summed E-state index contributed by atoms with van der Waals surface area (Å²) < 4.78 is 21.7. The number of rotatable bonds is 8. The number of likely N-dealkylation sites (N-methyl/N-ethyl adjacent to an activating group) is 1. The molecule has 6 heterocycles. The predicted octanol–water partition coefficient (Wildman–Crippen LogP) is 5.23. The van der Waals surface area contributed by atoms with Gasteiger partial charge in [-0.1, -0.05) is 11.6 Å². The Morgan fingerprint density at radius 1 is 0.831 bits per heavy atom. The van der Waals surface area contributed by atoms with Crippen LogP contribution in [-0.4, -0.2) is 119 Å². The van der Waals surface area contributed by atoms with Crippen molar-refractivity contribution in [2.75, 3.05) is 62.7 Å². The molecule has 3 saturated heterocycles.